The summed E-state index contributed by atoms with van der Waals surface area (Å²) in [5.74, 6) is 0.494. The maximum absolute atomic E-state index is 10.8. The Labute approximate surface area is 113 Å². The van der Waals surface area contributed by atoms with Crippen LogP contribution in [-0.4, -0.2) is 44.2 Å². The first-order chi connectivity index (χ1) is 8.37. The van der Waals surface area contributed by atoms with Gasteiger partial charge in [-0.3, -0.25) is 10.1 Å². The van der Waals surface area contributed by atoms with Crippen molar-refractivity contribution in [1.82, 2.24) is 9.97 Å². The van der Waals surface area contributed by atoms with Crippen molar-refractivity contribution in [2.24, 2.45) is 0 Å². The lowest BCUT2D eigenvalue weighted by Gasteiger charge is -2.22. The molecule has 0 aliphatic heterocycles. The van der Waals surface area contributed by atoms with Crippen LogP contribution in [0.15, 0.2) is 6.33 Å². The fraction of sp³-hybridized carbons (Fsp3) is 0.556. The molecule has 0 bridgehead atoms. The van der Waals surface area contributed by atoms with Crippen molar-refractivity contribution in [1.29, 1.82) is 0 Å². The van der Waals surface area contributed by atoms with Crippen LogP contribution in [0.1, 0.15) is 6.92 Å². The maximum atomic E-state index is 10.8. The molecule has 0 aliphatic rings. The summed E-state index contributed by atoms with van der Waals surface area (Å²) < 4.78 is 0. The van der Waals surface area contributed by atoms with E-state index in [2.05, 4.69) is 15.3 Å². The molecule has 0 spiro atoms. The van der Waals surface area contributed by atoms with E-state index in [-0.39, 0.29) is 23.2 Å². The molecule has 0 aromatic carbocycles. The molecule has 7 nitrogen and oxygen atoms in total. The van der Waals surface area contributed by atoms with E-state index in [0.717, 1.165) is 6.33 Å². The summed E-state index contributed by atoms with van der Waals surface area (Å²) in [7, 11) is 0. The molecule has 1 aromatic rings. The summed E-state index contributed by atoms with van der Waals surface area (Å²) in [6.45, 7) is 1.76. The molecule has 1 rings (SSSR count). The van der Waals surface area contributed by atoms with E-state index in [0.29, 0.717) is 5.75 Å². The van der Waals surface area contributed by atoms with Gasteiger partial charge in [-0.05, 0) is 13.2 Å². The van der Waals surface area contributed by atoms with Crippen molar-refractivity contribution in [3.63, 3.8) is 0 Å². The van der Waals surface area contributed by atoms with E-state index in [1.165, 1.54) is 11.8 Å². The molecular formula is C9H13ClN4O3S. The van der Waals surface area contributed by atoms with Gasteiger partial charge < -0.3 is 10.4 Å². The summed E-state index contributed by atoms with van der Waals surface area (Å²) >= 11 is 7.11. The highest BCUT2D eigenvalue weighted by Crippen LogP contribution is 2.28. The zero-order chi connectivity index (χ0) is 13.8. The third-order valence-electron chi connectivity index (χ3n) is 2.05. The first-order valence-electron chi connectivity index (χ1n) is 4.97. The molecule has 0 saturated heterocycles. The summed E-state index contributed by atoms with van der Waals surface area (Å²) in [4.78, 5) is 17.5. The van der Waals surface area contributed by atoms with Gasteiger partial charge in [-0.25, -0.2) is 9.97 Å². The molecule has 0 amide bonds. The smallest absolute Gasteiger partial charge is 0.348 e. The molecule has 1 aromatic heterocycles. The highest BCUT2D eigenvalue weighted by atomic mass is 35.5. The summed E-state index contributed by atoms with van der Waals surface area (Å²) in [5.41, 5.74) is -1.39. The Hall–Kier alpha value is -1.12. The number of nitrogens with one attached hydrogen (secondary N) is 1. The number of hydrogen-bond donors (Lipinski definition) is 2. The van der Waals surface area contributed by atoms with E-state index >= 15 is 0 Å². The van der Waals surface area contributed by atoms with Crippen LogP contribution in [0, 0.1) is 10.1 Å². The predicted molar refractivity (Wildman–Crippen MR) is 71.2 cm³/mol. The minimum absolute atomic E-state index is 0.00128. The van der Waals surface area contributed by atoms with Crippen LogP contribution < -0.4 is 5.32 Å². The van der Waals surface area contributed by atoms with Gasteiger partial charge in [0, 0.05) is 12.3 Å². The normalized spacial score (nSPS) is 14.0. The molecule has 0 radical (unpaired) electrons. The van der Waals surface area contributed by atoms with Crippen LogP contribution in [0.3, 0.4) is 0 Å². The van der Waals surface area contributed by atoms with Crippen LogP contribution >= 0.6 is 23.4 Å². The van der Waals surface area contributed by atoms with Crippen LogP contribution in [0.5, 0.6) is 0 Å². The van der Waals surface area contributed by atoms with E-state index in [4.69, 9.17) is 11.6 Å². The number of aliphatic hydroxyl groups is 1. The van der Waals surface area contributed by atoms with Crippen LogP contribution in [-0.2, 0) is 0 Å². The van der Waals surface area contributed by atoms with Crippen molar-refractivity contribution in [3.8, 4) is 0 Å². The van der Waals surface area contributed by atoms with E-state index in [1.807, 2.05) is 6.26 Å². The molecular weight excluding hydrogens is 280 g/mol. The number of aromatic nitrogens is 2. The topological polar surface area (TPSA) is 101 Å². The Balaban J connectivity index is 2.85. The fourth-order valence-corrected chi connectivity index (χ4v) is 2.21. The van der Waals surface area contributed by atoms with Crippen LogP contribution in [0.2, 0.25) is 5.15 Å². The minimum Gasteiger partial charge on any atom is -0.387 e. The van der Waals surface area contributed by atoms with Gasteiger partial charge >= 0.3 is 5.69 Å². The Morgan fingerprint density at radius 2 is 2.33 bits per heavy atom. The summed E-state index contributed by atoms with van der Waals surface area (Å²) in [5, 5.41) is 23.3. The van der Waals surface area contributed by atoms with Gasteiger partial charge in [0.2, 0.25) is 11.0 Å². The third-order valence-corrected chi connectivity index (χ3v) is 3.24. The second kappa shape index (κ2) is 6.17. The van der Waals surface area contributed by atoms with Crippen molar-refractivity contribution in [2.45, 2.75) is 12.5 Å². The predicted octanol–water partition coefficient (Wildman–Crippen LogP) is 1.56. The molecule has 1 atom stereocenters. The first-order valence-corrected chi connectivity index (χ1v) is 6.74. The maximum Gasteiger partial charge on any atom is 0.348 e. The number of hydrogen-bond acceptors (Lipinski definition) is 7. The first kappa shape index (κ1) is 14.9. The van der Waals surface area contributed by atoms with Crippen molar-refractivity contribution in [3.05, 3.63) is 21.6 Å². The molecule has 100 valence electrons. The van der Waals surface area contributed by atoms with Crippen molar-refractivity contribution < 1.29 is 10.0 Å². The molecule has 1 unspecified atom stereocenters. The molecule has 9 heteroatoms. The third kappa shape index (κ3) is 3.97. The number of nitrogens with zero attached hydrogens (tertiary/aromatic N) is 3. The lowest BCUT2D eigenvalue weighted by atomic mass is 10.1. The van der Waals surface area contributed by atoms with Crippen molar-refractivity contribution >= 4 is 34.9 Å². The Bertz CT molecular complexity index is 444. The largest absolute Gasteiger partial charge is 0.387 e. The van der Waals surface area contributed by atoms with Gasteiger partial charge in [0.1, 0.15) is 6.33 Å². The standard InChI is InChI=1S/C9H13ClN4O3S/c1-9(15,4-18-2)3-11-8-6(14(16)17)7(10)12-5-13-8/h5,15H,3-4H2,1-2H3,(H,11,12,13). The quantitative estimate of drug-likeness (QED) is 0.466. The van der Waals surface area contributed by atoms with Crippen molar-refractivity contribution in [2.75, 3.05) is 23.9 Å². The van der Waals surface area contributed by atoms with Gasteiger partial charge in [0.25, 0.3) is 0 Å². The lowest BCUT2D eigenvalue weighted by molar-refractivity contribution is -0.384. The van der Waals surface area contributed by atoms with E-state index in [9.17, 15) is 15.2 Å². The zero-order valence-corrected chi connectivity index (χ0v) is 11.5. The SMILES string of the molecule is CSCC(C)(O)CNc1ncnc(Cl)c1[N+](=O)[O-]. The number of anilines is 1. The monoisotopic (exact) mass is 292 g/mol. The molecule has 2 N–H and O–H groups in total. The number of thioether (sulfide) groups is 1. The Morgan fingerprint density at radius 1 is 1.67 bits per heavy atom. The van der Waals surface area contributed by atoms with Crippen LogP contribution in [0.25, 0.3) is 0 Å². The minimum atomic E-state index is -0.995. The van der Waals surface area contributed by atoms with E-state index in [1.54, 1.807) is 6.92 Å². The second-order valence-corrected chi connectivity index (χ2v) is 5.13. The molecule has 1 heterocycles. The fourth-order valence-electron chi connectivity index (χ4n) is 1.28. The number of rotatable bonds is 6. The van der Waals surface area contributed by atoms with Gasteiger partial charge in [0.05, 0.1) is 10.5 Å². The highest BCUT2D eigenvalue weighted by molar-refractivity contribution is 7.98. The molecule has 0 saturated carbocycles. The van der Waals surface area contributed by atoms with Gasteiger partial charge in [-0.2, -0.15) is 11.8 Å². The highest BCUT2D eigenvalue weighted by Gasteiger charge is 2.25. The summed E-state index contributed by atoms with van der Waals surface area (Å²) in [6, 6.07) is 0. The zero-order valence-electron chi connectivity index (χ0n) is 9.88. The Kier molecular flexibility index (Phi) is 5.12. The van der Waals surface area contributed by atoms with Gasteiger partial charge in [-0.15, -0.1) is 0 Å². The second-order valence-electron chi connectivity index (χ2n) is 3.90. The van der Waals surface area contributed by atoms with Crippen LogP contribution in [0.4, 0.5) is 11.5 Å². The summed E-state index contributed by atoms with van der Waals surface area (Å²) in [6.07, 6.45) is 2.99. The molecule has 18 heavy (non-hydrogen) atoms. The Morgan fingerprint density at radius 3 is 2.89 bits per heavy atom. The number of halogens is 1. The van der Waals surface area contributed by atoms with Gasteiger partial charge in [0.15, 0.2) is 0 Å². The molecule has 0 aliphatic carbocycles. The average Bonchev–Trinajstić information content (AvgIpc) is 2.26. The van der Waals surface area contributed by atoms with E-state index < -0.39 is 10.5 Å². The van der Waals surface area contributed by atoms with Gasteiger partial charge in [-0.1, -0.05) is 11.6 Å². The molecule has 0 fully saturated rings. The average molecular weight is 293 g/mol. The number of nitro groups is 1. The lowest BCUT2D eigenvalue weighted by Crippen LogP contribution is -2.36.